The van der Waals surface area contributed by atoms with Crippen molar-refractivity contribution in [1.82, 2.24) is 14.8 Å². The van der Waals surface area contributed by atoms with Crippen LogP contribution in [0.4, 0.5) is 0 Å². The third-order valence-corrected chi connectivity index (χ3v) is 7.29. The molecule has 1 unspecified atom stereocenters. The Balaban J connectivity index is 1.84. The van der Waals surface area contributed by atoms with Crippen molar-refractivity contribution < 1.29 is 24.2 Å². The number of hydrogen-bond acceptors (Lipinski definition) is 8. The van der Waals surface area contributed by atoms with E-state index in [2.05, 4.69) is 4.98 Å². The first-order valence-electron chi connectivity index (χ1n) is 11.5. The van der Waals surface area contributed by atoms with Gasteiger partial charge in [-0.05, 0) is 27.1 Å². The highest BCUT2D eigenvalue weighted by molar-refractivity contribution is 7.17. The number of nitrogens with zero attached hydrogens (tertiary/aromatic N) is 3. The number of Topliss-reactive ketones (excluding diaryl/α,β-unsaturated/α-hetero) is 1. The van der Waals surface area contributed by atoms with Crippen LogP contribution in [0.5, 0.6) is 11.5 Å². The number of para-hydroxylation sites is 1. The van der Waals surface area contributed by atoms with Crippen LogP contribution in [-0.4, -0.2) is 73.0 Å². The van der Waals surface area contributed by atoms with Crippen LogP contribution in [-0.2, 0) is 4.79 Å². The second-order valence-corrected chi connectivity index (χ2v) is 9.68. The van der Waals surface area contributed by atoms with Crippen LogP contribution < -0.4 is 9.47 Å². The van der Waals surface area contributed by atoms with E-state index in [1.807, 2.05) is 49.3 Å². The lowest BCUT2D eigenvalue weighted by Gasteiger charge is -2.29. The summed E-state index contributed by atoms with van der Waals surface area (Å²) < 4.78 is 11.1. The van der Waals surface area contributed by atoms with Gasteiger partial charge in [-0.2, -0.15) is 0 Å². The van der Waals surface area contributed by atoms with Crippen LogP contribution >= 0.6 is 11.3 Å². The highest BCUT2D eigenvalue weighted by Gasteiger charge is 2.45. The Labute approximate surface area is 214 Å². The smallest absolute Gasteiger partial charge is 0.290 e. The predicted molar refractivity (Wildman–Crippen MR) is 139 cm³/mol. The van der Waals surface area contributed by atoms with Crippen molar-refractivity contribution in [3.63, 3.8) is 0 Å². The molecule has 0 spiro atoms. The molecule has 0 bridgehead atoms. The molecule has 1 atom stereocenters. The highest BCUT2D eigenvalue weighted by Crippen LogP contribution is 2.46. The lowest BCUT2D eigenvalue weighted by molar-refractivity contribution is -0.129. The normalized spacial score (nSPS) is 15.7. The van der Waals surface area contributed by atoms with Crippen molar-refractivity contribution in [2.75, 3.05) is 41.4 Å². The molecule has 9 heteroatoms. The Hall–Kier alpha value is -3.69. The fraction of sp³-hybridized carbons (Fsp3) is 0.296. The third-order valence-electron chi connectivity index (χ3n) is 6.09. The van der Waals surface area contributed by atoms with Gasteiger partial charge in [0.1, 0.15) is 5.01 Å². The van der Waals surface area contributed by atoms with Gasteiger partial charge in [-0.1, -0.05) is 42.5 Å². The molecule has 2 heterocycles. The van der Waals surface area contributed by atoms with Crippen molar-refractivity contribution >= 4 is 23.0 Å². The standard InChI is InChI=1S/C27H29N3O5S/c1-16-25(36-26(28-16)17-10-7-6-8-11-17)22(31)20-21(18-12-9-13-19(34-4)24(18)35-5)30(15-14-29(2)3)27(33)23(20)32/h6-13,21,32H,14-15H2,1-5H3. The Morgan fingerprint density at radius 2 is 1.83 bits per heavy atom. The number of carbonyl (C=O) groups is 2. The van der Waals surface area contributed by atoms with Crippen LogP contribution in [0.1, 0.15) is 27.0 Å². The van der Waals surface area contributed by atoms with Gasteiger partial charge in [0.15, 0.2) is 17.3 Å². The monoisotopic (exact) mass is 507 g/mol. The molecular weight excluding hydrogens is 478 g/mol. The largest absolute Gasteiger partial charge is 0.503 e. The second kappa shape index (κ2) is 10.5. The Kier molecular flexibility index (Phi) is 7.42. The number of carbonyl (C=O) groups excluding carboxylic acids is 2. The van der Waals surface area contributed by atoms with Gasteiger partial charge in [0.05, 0.1) is 36.4 Å². The number of aliphatic hydroxyl groups excluding tert-OH is 1. The number of rotatable bonds is 9. The molecular formula is C27H29N3O5S. The number of likely N-dealkylation sites (N-methyl/N-ethyl adjacent to an activating group) is 1. The maximum absolute atomic E-state index is 14.0. The minimum absolute atomic E-state index is 0.0108. The van der Waals surface area contributed by atoms with Gasteiger partial charge in [0, 0.05) is 24.2 Å². The van der Waals surface area contributed by atoms with Gasteiger partial charge in [-0.25, -0.2) is 4.98 Å². The van der Waals surface area contributed by atoms with E-state index in [1.54, 1.807) is 25.1 Å². The van der Waals surface area contributed by atoms with Crippen LogP contribution in [0, 0.1) is 6.92 Å². The molecule has 0 fully saturated rings. The van der Waals surface area contributed by atoms with Gasteiger partial charge in [-0.15, -0.1) is 11.3 Å². The molecule has 0 radical (unpaired) electrons. The second-order valence-electron chi connectivity index (χ2n) is 8.68. The van der Waals surface area contributed by atoms with Crippen LogP contribution in [0.25, 0.3) is 10.6 Å². The first-order valence-corrected chi connectivity index (χ1v) is 12.3. The van der Waals surface area contributed by atoms with Crippen LogP contribution in [0.2, 0.25) is 0 Å². The Morgan fingerprint density at radius 3 is 2.47 bits per heavy atom. The molecule has 1 aliphatic heterocycles. The van der Waals surface area contributed by atoms with Gasteiger partial charge in [-0.3, -0.25) is 9.59 Å². The summed E-state index contributed by atoms with van der Waals surface area (Å²) >= 11 is 1.25. The first-order chi connectivity index (χ1) is 17.3. The van der Waals surface area contributed by atoms with Gasteiger partial charge < -0.3 is 24.4 Å². The summed E-state index contributed by atoms with van der Waals surface area (Å²) in [7, 11) is 6.82. The summed E-state index contributed by atoms with van der Waals surface area (Å²) in [6.07, 6.45) is 0. The van der Waals surface area contributed by atoms with Crippen LogP contribution in [0.3, 0.4) is 0 Å². The predicted octanol–water partition coefficient (Wildman–Crippen LogP) is 4.28. The number of aryl methyl sites for hydroxylation is 1. The molecule has 188 valence electrons. The average molecular weight is 508 g/mol. The van der Waals surface area contributed by atoms with E-state index in [-0.39, 0.29) is 5.57 Å². The molecule has 1 N–H and O–H groups in total. The molecule has 3 aromatic rings. The number of methoxy groups -OCH3 is 2. The van der Waals surface area contributed by atoms with E-state index in [0.29, 0.717) is 45.7 Å². The van der Waals surface area contributed by atoms with E-state index < -0.39 is 23.5 Å². The first kappa shape index (κ1) is 25.4. The molecule has 0 aliphatic carbocycles. The van der Waals surface area contributed by atoms with Crippen LogP contribution in [0.15, 0.2) is 59.9 Å². The van der Waals surface area contributed by atoms with Crippen molar-refractivity contribution in [3.05, 3.63) is 76.0 Å². The number of ether oxygens (including phenoxy) is 2. The van der Waals surface area contributed by atoms with E-state index in [0.717, 1.165) is 5.56 Å². The van der Waals surface area contributed by atoms with E-state index in [9.17, 15) is 14.7 Å². The van der Waals surface area contributed by atoms with Gasteiger partial charge >= 0.3 is 0 Å². The fourth-order valence-corrected chi connectivity index (χ4v) is 5.33. The minimum Gasteiger partial charge on any atom is -0.503 e. The zero-order valence-electron chi connectivity index (χ0n) is 20.9. The van der Waals surface area contributed by atoms with Crippen molar-refractivity contribution in [2.45, 2.75) is 13.0 Å². The lowest BCUT2D eigenvalue weighted by atomic mass is 9.94. The van der Waals surface area contributed by atoms with E-state index in [4.69, 9.17) is 9.47 Å². The summed E-state index contributed by atoms with van der Waals surface area (Å²) in [5, 5.41) is 11.7. The Morgan fingerprint density at radius 1 is 1.11 bits per heavy atom. The average Bonchev–Trinajstić information content (AvgIpc) is 3.39. The Bertz CT molecular complexity index is 1320. The maximum atomic E-state index is 14.0. The molecule has 1 aliphatic rings. The molecule has 4 rings (SSSR count). The summed E-state index contributed by atoms with van der Waals surface area (Å²) in [6.45, 7) is 2.60. The zero-order valence-corrected chi connectivity index (χ0v) is 21.8. The quantitative estimate of drug-likeness (QED) is 0.432. The van der Waals surface area contributed by atoms with Gasteiger partial charge in [0.25, 0.3) is 5.91 Å². The number of ketones is 1. The molecule has 1 aromatic heterocycles. The number of aromatic nitrogens is 1. The molecule has 2 aromatic carbocycles. The number of aliphatic hydroxyl groups is 1. The summed E-state index contributed by atoms with van der Waals surface area (Å²) in [6, 6.07) is 14.0. The van der Waals surface area contributed by atoms with E-state index in [1.165, 1.54) is 30.5 Å². The van der Waals surface area contributed by atoms with Crippen molar-refractivity contribution in [2.24, 2.45) is 0 Å². The topological polar surface area (TPSA) is 92.2 Å². The molecule has 1 amide bonds. The summed E-state index contributed by atoms with van der Waals surface area (Å²) in [4.78, 5) is 35.7. The number of amides is 1. The maximum Gasteiger partial charge on any atom is 0.290 e. The lowest BCUT2D eigenvalue weighted by Crippen LogP contribution is -2.36. The van der Waals surface area contributed by atoms with Crippen molar-refractivity contribution in [1.29, 1.82) is 0 Å². The van der Waals surface area contributed by atoms with Gasteiger partial charge in [0.2, 0.25) is 5.78 Å². The number of benzene rings is 2. The van der Waals surface area contributed by atoms with E-state index >= 15 is 0 Å². The molecule has 0 saturated heterocycles. The molecule has 36 heavy (non-hydrogen) atoms. The third kappa shape index (κ3) is 4.59. The molecule has 8 nitrogen and oxygen atoms in total. The number of thiazole rings is 1. The fourth-order valence-electron chi connectivity index (χ4n) is 4.31. The minimum atomic E-state index is -0.850. The number of hydrogen-bond donors (Lipinski definition) is 1. The summed E-state index contributed by atoms with van der Waals surface area (Å²) in [5.74, 6) is -0.712. The summed E-state index contributed by atoms with van der Waals surface area (Å²) in [5.41, 5.74) is 2.00. The molecule has 0 saturated carbocycles. The SMILES string of the molecule is COc1cccc(C2C(C(=O)c3sc(-c4ccccc4)nc3C)=C(O)C(=O)N2CCN(C)C)c1OC. The van der Waals surface area contributed by atoms with Crippen molar-refractivity contribution in [3.8, 4) is 22.1 Å². The zero-order chi connectivity index (χ0) is 26.0. The highest BCUT2D eigenvalue weighted by atomic mass is 32.1.